The molecule has 1 heterocycles. The second-order valence-corrected chi connectivity index (χ2v) is 5.59. The number of nitrogens with zero attached hydrogens (tertiary/aromatic N) is 2. The van der Waals surface area contributed by atoms with E-state index in [1.54, 1.807) is 17.4 Å². The third-order valence-corrected chi connectivity index (χ3v) is 3.65. The molecule has 2 rings (SSSR count). The van der Waals surface area contributed by atoms with Gasteiger partial charge in [-0.15, -0.1) is 21.8 Å². The van der Waals surface area contributed by atoms with Crippen LogP contribution >= 0.6 is 34.5 Å². The first-order chi connectivity index (χ1) is 8.78. The number of aromatic nitrogens is 2. The van der Waals surface area contributed by atoms with Crippen molar-refractivity contribution in [2.24, 2.45) is 0 Å². The molecule has 0 saturated carbocycles. The van der Waals surface area contributed by atoms with Crippen LogP contribution in [0.2, 0.25) is 5.02 Å². The molecule has 6 heteroatoms. The highest BCUT2D eigenvalue weighted by Gasteiger charge is 2.05. The summed E-state index contributed by atoms with van der Waals surface area (Å²) in [5.74, 6) is 1.38. The Morgan fingerprint density at radius 3 is 2.83 bits per heavy atom. The minimum atomic E-state index is 0.416. The summed E-state index contributed by atoms with van der Waals surface area (Å²) in [4.78, 5) is 0. The predicted octanol–water partition coefficient (Wildman–Crippen LogP) is 3.94. The van der Waals surface area contributed by atoms with E-state index in [9.17, 15) is 0 Å². The molecule has 0 atom stereocenters. The number of aryl methyl sites for hydroxylation is 1. The molecule has 1 aromatic carbocycles. The molecule has 0 aliphatic carbocycles. The van der Waals surface area contributed by atoms with Gasteiger partial charge >= 0.3 is 0 Å². The van der Waals surface area contributed by atoms with Gasteiger partial charge in [0.15, 0.2) is 5.01 Å². The Morgan fingerprint density at radius 2 is 2.06 bits per heavy atom. The highest BCUT2D eigenvalue weighted by molar-refractivity contribution is 7.11. The molecule has 0 radical (unpaired) electrons. The lowest BCUT2D eigenvalue weighted by Gasteiger charge is -2.03. The van der Waals surface area contributed by atoms with Crippen LogP contribution in [0.1, 0.15) is 16.4 Å². The fourth-order valence-corrected chi connectivity index (χ4v) is 2.48. The van der Waals surface area contributed by atoms with Gasteiger partial charge in [0, 0.05) is 17.3 Å². The van der Waals surface area contributed by atoms with Crippen molar-refractivity contribution in [2.45, 2.75) is 19.4 Å². The molecule has 0 aliphatic heterocycles. The quantitative estimate of drug-likeness (QED) is 0.758. The van der Waals surface area contributed by atoms with Crippen molar-refractivity contribution in [1.29, 1.82) is 0 Å². The van der Waals surface area contributed by atoms with Crippen molar-refractivity contribution in [3.05, 3.63) is 39.3 Å². The Morgan fingerprint density at radius 1 is 1.22 bits per heavy atom. The average molecular weight is 303 g/mol. The Hall–Kier alpha value is -0.840. The number of halogens is 2. The number of ether oxygens (including phenoxy) is 1. The topological polar surface area (TPSA) is 35.0 Å². The van der Waals surface area contributed by atoms with Crippen molar-refractivity contribution in [1.82, 2.24) is 10.2 Å². The number of hydrogen-bond acceptors (Lipinski definition) is 4. The van der Waals surface area contributed by atoms with Gasteiger partial charge in [0.05, 0.1) is 0 Å². The summed E-state index contributed by atoms with van der Waals surface area (Å²) >= 11 is 13.1. The predicted molar refractivity (Wildman–Crippen MR) is 74.7 cm³/mol. The second kappa shape index (κ2) is 6.92. The maximum Gasteiger partial charge on any atom is 0.155 e. The van der Waals surface area contributed by atoms with E-state index >= 15 is 0 Å². The lowest BCUT2D eigenvalue weighted by Crippen LogP contribution is -1.94. The van der Waals surface area contributed by atoms with Gasteiger partial charge in [-0.25, -0.2) is 0 Å². The minimum Gasteiger partial charge on any atom is -0.486 e. The van der Waals surface area contributed by atoms with E-state index < -0.39 is 0 Å². The number of alkyl halides is 1. The smallest absolute Gasteiger partial charge is 0.155 e. The van der Waals surface area contributed by atoms with Crippen LogP contribution in [-0.4, -0.2) is 16.1 Å². The van der Waals surface area contributed by atoms with Crippen LogP contribution in [0, 0.1) is 0 Å². The minimum absolute atomic E-state index is 0.416. The highest BCUT2D eigenvalue weighted by Crippen LogP contribution is 2.19. The van der Waals surface area contributed by atoms with E-state index in [0.29, 0.717) is 17.5 Å². The Balaban J connectivity index is 1.88. The normalized spacial score (nSPS) is 10.6. The van der Waals surface area contributed by atoms with Crippen molar-refractivity contribution in [3.63, 3.8) is 0 Å². The summed E-state index contributed by atoms with van der Waals surface area (Å²) in [5.41, 5.74) is 0. The van der Waals surface area contributed by atoms with Gasteiger partial charge in [0.2, 0.25) is 0 Å². The van der Waals surface area contributed by atoms with Gasteiger partial charge in [-0.3, -0.25) is 0 Å². The van der Waals surface area contributed by atoms with E-state index in [0.717, 1.165) is 28.6 Å². The standard InChI is InChI=1S/C12H12Cl2N2OS/c13-6-2-5-11-15-16-12(18-11)8-17-10-4-1-3-9(14)7-10/h1,3-4,7H,2,5-6,8H2. The number of benzene rings is 1. The molecule has 0 fully saturated rings. The summed E-state index contributed by atoms with van der Waals surface area (Å²) in [7, 11) is 0. The fraction of sp³-hybridized carbons (Fsp3) is 0.333. The van der Waals surface area contributed by atoms with Gasteiger partial charge in [0.25, 0.3) is 0 Å². The molecule has 2 aromatic rings. The maximum absolute atomic E-state index is 5.87. The SMILES string of the molecule is ClCCCc1nnc(COc2cccc(Cl)c2)s1. The zero-order valence-corrected chi connectivity index (χ0v) is 11.9. The summed E-state index contributed by atoms with van der Waals surface area (Å²) < 4.78 is 5.59. The van der Waals surface area contributed by atoms with E-state index in [2.05, 4.69) is 10.2 Å². The second-order valence-electron chi connectivity index (χ2n) is 3.63. The average Bonchev–Trinajstić information content (AvgIpc) is 2.82. The molecule has 96 valence electrons. The monoisotopic (exact) mass is 302 g/mol. The molecule has 0 N–H and O–H groups in total. The molecule has 3 nitrogen and oxygen atoms in total. The third-order valence-electron chi connectivity index (χ3n) is 2.19. The van der Waals surface area contributed by atoms with Gasteiger partial charge in [-0.1, -0.05) is 29.0 Å². The summed E-state index contributed by atoms with van der Waals surface area (Å²) in [5, 5.41) is 10.7. The van der Waals surface area contributed by atoms with Gasteiger partial charge < -0.3 is 4.74 Å². The summed E-state index contributed by atoms with van der Waals surface area (Å²) in [6.45, 7) is 0.416. The van der Waals surface area contributed by atoms with E-state index in [-0.39, 0.29) is 0 Å². The largest absolute Gasteiger partial charge is 0.486 e. The summed E-state index contributed by atoms with van der Waals surface area (Å²) in [6.07, 6.45) is 1.80. The van der Waals surface area contributed by atoms with Crippen LogP contribution in [-0.2, 0) is 13.0 Å². The van der Waals surface area contributed by atoms with Crippen molar-refractivity contribution in [3.8, 4) is 5.75 Å². The van der Waals surface area contributed by atoms with Crippen LogP contribution in [0.4, 0.5) is 0 Å². The van der Waals surface area contributed by atoms with Crippen LogP contribution in [0.25, 0.3) is 0 Å². The third kappa shape index (κ3) is 4.12. The summed E-state index contributed by atoms with van der Waals surface area (Å²) in [6, 6.07) is 7.30. The molecule has 0 aliphatic rings. The first-order valence-corrected chi connectivity index (χ1v) is 7.26. The maximum atomic E-state index is 5.87. The molecule has 18 heavy (non-hydrogen) atoms. The first kappa shape index (κ1) is 13.6. The van der Waals surface area contributed by atoms with E-state index in [4.69, 9.17) is 27.9 Å². The zero-order chi connectivity index (χ0) is 12.8. The fourth-order valence-electron chi connectivity index (χ4n) is 1.37. The Labute approximate surface area is 120 Å². The number of rotatable bonds is 6. The molecule has 1 aromatic heterocycles. The van der Waals surface area contributed by atoms with E-state index in [1.807, 2.05) is 18.2 Å². The van der Waals surface area contributed by atoms with E-state index in [1.165, 1.54) is 0 Å². The molecule has 0 saturated heterocycles. The van der Waals surface area contributed by atoms with Gasteiger partial charge in [-0.05, 0) is 24.6 Å². The molecule has 0 bridgehead atoms. The van der Waals surface area contributed by atoms with Gasteiger partial charge in [0.1, 0.15) is 17.4 Å². The molecular weight excluding hydrogens is 291 g/mol. The van der Waals surface area contributed by atoms with Crippen molar-refractivity contribution in [2.75, 3.05) is 5.88 Å². The van der Waals surface area contributed by atoms with Crippen LogP contribution in [0.5, 0.6) is 5.75 Å². The van der Waals surface area contributed by atoms with Crippen molar-refractivity contribution >= 4 is 34.5 Å². The zero-order valence-electron chi connectivity index (χ0n) is 9.60. The first-order valence-electron chi connectivity index (χ1n) is 5.53. The number of hydrogen-bond donors (Lipinski definition) is 0. The molecule has 0 unspecified atom stereocenters. The lowest BCUT2D eigenvalue weighted by atomic mass is 10.3. The molecule has 0 amide bonds. The van der Waals surface area contributed by atoms with Crippen LogP contribution in [0.3, 0.4) is 0 Å². The van der Waals surface area contributed by atoms with Crippen LogP contribution in [0.15, 0.2) is 24.3 Å². The van der Waals surface area contributed by atoms with Crippen LogP contribution < -0.4 is 4.74 Å². The van der Waals surface area contributed by atoms with Gasteiger partial charge in [-0.2, -0.15) is 0 Å². The Bertz CT molecular complexity index is 504. The molecule has 0 spiro atoms. The highest BCUT2D eigenvalue weighted by atomic mass is 35.5. The molecular formula is C12H12Cl2N2OS. The van der Waals surface area contributed by atoms with Crippen molar-refractivity contribution < 1.29 is 4.74 Å². The Kier molecular flexibility index (Phi) is 5.23. The lowest BCUT2D eigenvalue weighted by molar-refractivity contribution is 0.304.